The predicted octanol–water partition coefficient (Wildman–Crippen LogP) is 1.51. The standard InChI is InChI=1S/C15H28N2O5/c1-10(2)12(13(19)21-8)17(7)11(18)9-16(6)14(20)22-15(3,4)5/h10,12H,9H2,1-8H3. The Balaban J connectivity index is 4.82. The van der Waals surface area contributed by atoms with Crippen LogP contribution in [0.3, 0.4) is 0 Å². The van der Waals surface area contributed by atoms with Crippen LogP contribution in [0.1, 0.15) is 34.6 Å². The van der Waals surface area contributed by atoms with Crippen molar-refractivity contribution in [1.29, 1.82) is 0 Å². The van der Waals surface area contributed by atoms with Crippen LogP contribution in [0.25, 0.3) is 0 Å². The van der Waals surface area contributed by atoms with Gasteiger partial charge in [-0.1, -0.05) is 13.8 Å². The molecule has 1 unspecified atom stereocenters. The summed E-state index contributed by atoms with van der Waals surface area (Å²) in [4.78, 5) is 38.4. The van der Waals surface area contributed by atoms with Crippen LogP contribution in [-0.2, 0) is 19.1 Å². The van der Waals surface area contributed by atoms with Gasteiger partial charge in [0.1, 0.15) is 18.2 Å². The predicted molar refractivity (Wildman–Crippen MR) is 82.3 cm³/mol. The van der Waals surface area contributed by atoms with Crippen LogP contribution < -0.4 is 0 Å². The Morgan fingerprint density at radius 2 is 1.59 bits per heavy atom. The van der Waals surface area contributed by atoms with Crippen molar-refractivity contribution in [2.24, 2.45) is 5.92 Å². The Hall–Kier alpha value is -1.79. The van der Waals surface area contributed by atoms with Crippen molar-refractivity contribution in [2.45, 2.75) is 46.3 Å². The molecule has 22 heavy (non-hydrogen) atoms. The topological polar surface area (TPSA) is 76.2 Å². The summed E-state index contributed by atoms with van der Waals surface area (Å²) in [7, 11) is 4.28. The zero-order valence-corrected chi connectivity index (χ0v) is 14.8. The van der Waals surface area contributed by atoms with Crippen molar-refractivity contribution in [1.82, 2.24) is 9.80 Å². The minimum Gasteiger partial charge on any atom is -0.467 e. The molecular weight excluding hydrogens is 288 g/mol. The highest BCUT2D eigenvalue weighted by atomic mass is 16.6. The lowest BCUT2D eigenvalue weighted by Crippen LogP contribution is -2.50. The third-order valence-electron chi connectivity index (χ3n) is 2.96. The van der Waals surface area contributed by atoms with E-state index in [-0.39, 0.29) is 18.4 Å². The molecule has 0 heterocycles. The van der Waals surface area contributed by atoms with Gasteiger partial charge in [-0.2, -0.15) is 0 Å². The molecular formula is C15H28N2O5. The van der Waals surface area contributed by atoms with Crippen LogP contribution in [-0.4, -0.2) is 67.2 Å². The highest BCUT2D eigenvalue weighted by Crippen LogP contribution is 2.13. The van der Waals surface area contributed by atoms with E-state index in [4.69, 9.17) is 9.47 Å². The van der Waals surface area contributed by atoms with Gasteiger partial charge >= 0.3 is 12.1 Å². The number of nitrogens with zero attached hydrogens (tertiary/aromatic N) is 2. The molecule has 7 heteroatoms. The highest BCUT2D eigenvalue weighted by Gasteiger charge is 2.32. The van der Waals surface area contributed by atoms with E-state index in [9.17, 15) is 14.4 Å². The third kappa shape index (κ3) is 6.32. The van der Waals surface area contributed by atoms with Crippen molar-refractivity contribution in [2.75, 3.05) is 27.7 Å². The highest BCUT2D eigenvalue weighted by molar-refractivity contribution is 5.87. The lowest BCUT2D eigenvalue weighted by Gasteiger charge is -2.31. The first-order valence-corrected chi connectivity index (χ1v) is 7.18. The second kappa shape index (κ2) is 8.00. The maximum Gasteiger partial charge on any atom is 0.410 e. The fourth-order valence-corrected chi connectivity index (χ4v) is 1.87. The number of ether oxygens (including phenoxy) is 2. The van der Waals surface area contributed by atoms with E-state index in [1.165, 1.54) is 31.0 Å². The van der Waals surface area contributed by atoms with Gasteiger partial charge in [0.05, 0.1) is 7.11 Å². The van der Waals surface area contributed by atoms with Crippen molar-refractivity contribution >= 4 is 18.0 Å². The monoisotopic (exact) mass is 316 g/mol. The van der Waals surface area contributed by atoms with Crippen molar-refractivity contribution in [3.05, 3.63) is 0 Å². The van der Waals surface area contributed by atoms with Gasteiger partial charge < -0.3 is 19.3 Å². The number of methoxy groups -OCH3 is 1. The second-order valence-corrected chi connectivity index (χ2v) is 6.55. The van der Waals surface area contributed by atoms with E-state index in [0.29, 0.717) is 0 Å². The summed E-state index contributed by atoms with van der Waals surface area (Å²) in [5, 5.41) is 0. The van der Waals surface area contributed by atoms with Gasteiger partial charge in [-0.05, 0) is 26.7 Å². The molecule has 0 saturated heterocycles. The number of likely N-dealkylation sites (N-methyl/N-ethyl adjacent to an activating group) is 2. The van der Waals surface area contributed by atoms with Crippen LogP contribution in [0.15, 0.2) is 0 Å². The Bertz CT molecular complexity index is 415. The molecule has 0 bridgehead atoms. The van der Waals surface area contributed by atoms with Gasteiger partial charge in [-0.15, -0.1) is 0 Å². The van der Waals surface area contributed by atoms with Crippen molar-refractivity contribution in [3.63, 3.8) is 0 Å². The molecule has 0 aliphatic heterocycles. The van der Waals surface area contributed by atoms with Gasteiger partial charge in [0, 0.05) is 14.1 Å². The molecule has 128 valence electrons. The summed E-state index contributed by atoms with van der Waals surface area (Å²) in [6.45, 7) is 8.72. The zero-order valence-electron chi connectivity index (χ0n) is 14.8. The average Bonchev–Trinajstić information content (AvgIpc) is 2.35. The summed E-state index contributed by atoms with van der Waals surface area (Å²) in [5.41, 5.74) is -0.632. The molecule has 0 aromatic carbocycles. The first-order chi connectivity index (χ1) is 9.90. The number of hydrogen-bond acceptors (Lipinski definition) is 5. The SMILES string of the molecule is COC(=O)C(C(C)C)N(C)C(=O)CN(C)C(=O)OC(C)(C)C. The molecule has 0 aliphatic rings. The largest absolute Gasteiger partial charge is 0.467 e. The maximum absolute atomic E-state index is 12.3. The minimum absolute atomic E-state index is 0.103. The van der Waals surface area contributed by atoms with E-state index in [1.54, 1.807) is 20.8 Å². The quantitative estimate of drug-likeness (QED) is 0.719. The maximum atomic E-state index is 12.3. The molecule has 0 aliphatic carbocycles. The van der Waals surface area contributed by atoms with Crippen LogP contribution in [0.4, 0.5) is 4.79 Å². The second-order valence-electron chi connectivity index (χ2n) is 6.55. The summed E-state index contributed by atoms with van der Waals surface area (Å²) in [6.07, 6.45) is -0.589. The van der Waals surface area contributed by atoms with Crippen LogP contribution in [0.5, 0.6) is 0 Å². The Morgan fingerprint density at radius 3 is 1.95 bits per heavy atom. The molecule has 0 aromatic heterocycles. The summed E-state index contributed by atoms with van der Waals surface area (Å²) >= 11 is 0. The minimum atomic E-state index is -0.690. The van der Waals surface area contributed by atoms with E-state index in [2.05, 4.69) is 0 Å². The van der Waals surface area contributed by atoms with E-state index in [1.807, 2.05) is 13.8 Å². The number of carbonyl (C=O) groups is 3. The molecule has 0 fully saturated rings. The van der Waals surface area contributed by atoms with Crippen molar-refractivity contribution < 1.29 is 23.9 Å². The smallest absolute Gasteiger partial charge is 0.410 e. The molecule has 0 aromatic rings. The van der Waals surface area contributed by atoms with Crippen molar-refractivity contribution in [3.8, 4) is 0 Å². The molecule has 0 N–H and O–H groups in total. The number of amides is 2. The molecule has 2 amide bonds. The normalized spacial score (nSPS) is 12.6. The molecule has 0 spiro atoms. The summed E-state index contributed by atoms with van der Waals surface area (Å²) in [6, 6.07) is -0.690. The summed E-state index contributed by atoms with van der Waals surface area (Å²) in [5.74, 6) is -0.948. The lowest BCUT2D eigenvalue weighted by molar-refractivity contribution is -0.153. The Kier molecular flexibility index (Phi) is 7.35. The van der Waals surface area contributed by atoms with Crippen LogP contribution in [0.2, 0.25) is 0 Å². The number of rotatable bonds is 5. The molecule has 1 atom stereocenters. The summed E-state index contributed by atoms with van der Waals surface area (Å²) < 4.78 is 9.91. The number of carbonyl (C=O) groups excluding carboxylic acids is 3. The first-order valence-electron chi connectivity index (χ1n) is 7.18. The van der Waals surface area contributed by atoms with Gasteiger partial charge in [0.25, 0.3) is 0 Å². The van der Waals surface area contributed by atoms with Crippen LogP contribution in [0, 0.1) is 5.92 Å². The fourth-order valence-electron chi connectivity index (χ4n) is 1.87. The molecule has 0 rings (SSSR count). The number of esters is 1. The van der Waals surface area contributed by atoms with E-state index in [0.717, 1.165) is 0 Å². The van der Waals surface area contributed by atoms with E-state index < -0.39 is 23.7 Å². The van der Waals surface area contributed by atoms with Gasteiger partial charge in [0.15, 0.2) is 0 Å². The Labute approximate surface area is 132 Å². The van der Waals surface area contributed by atoms with Crippen LogP contribution >= 0.6 is 0 Å². The molecule has 0 saturated carbocycles. The third-order valence-corrected chi connectivity index (χ3v) is 2.96. The fraction of sp³-hybridized carbons (Fsp3) is 0.800. The first kappa shape index (κ1) is 20.2. The molecule has 0 radical (unpaired) electrons. The Morgan fingerprint density at radius 1 is 1.09 bits per heavy atom. The van der Waals surface area contributed by atoms with Gasteiger partial charge in [-0.25, -0.2) is 9.59 Å². The van der Waals surface area contributed by atoms with Gasteiger partial charge in [-0.3, -0.25) is 4.79 Å². The molecule has 7 nitrogen and oxygen atoms in total. The average molecular weight is 316 g/mol. The number of hydrogen-bond donors (Lipinski definition) is 0. The lowest BCUT2D eigenvalue weighted by atomic mass is 10.0. The van der Waals surface area contributed by atoms with Gasteiger partial charge in [0.2, 0.25) is 5.91 Å². The van der Waals surface area contributed by atoms with E-state index >= 15 is 0 Å². The zero-order chi connectivity index (χ0) is 17.7.